The minimum Gasteiger partial charge on any atom is -0.759 e. The van der Waals surface area contributed by atoms with Gasteiger partial charge in [-0.15, -0.1) is 0 Å². The number of hydrogen-bond donors (Lipinski definition) is 0. The van der Waals surface area contributed by atoms with Crippen molar-refractivity contribution in [1.29, 1.82) is 0 Å². The number of hydrogen-bond acceptors (Lipinski definition) is 5. The van der Waals surface area contributed by atoms with Crippen molar-refractivity contribution in [1.82, 2.24) is 0 Å². The Labute approximate surface area is 125 Å². The van der Waals surface area contributed by atoms with Gasteiger partial charge in [0.1, 0.15) is 0 Å². The van der Waals surface area contributed by atoms with E-state index < -0.39 is 10.4 Å². The van der Waals surface area contributed by atoms with E-state index in [1.54, 1.807) is 10.4 Å². The molecular formula is C12H22O4S3. The molecule has 0 N–H and O–H groups in total. The summed E-state index contributed by atoms with van der Waals surface area (Å²) in [6, 6.07) is 0. The predicted octanol–water partition coefficient (Wildman–Crippen LogP) is 3.75. The monoisotopic (exact) mass is 326 g/mol. The highest BCUT2D eigenvalue weighted by atomic mass is 32.9. The minimum absolute atomic E-state index is 0. The van der Waals surface area contributed by atoms with E-state index in [1.807, 2.05) is 20.7 Å². The summed E-state index contributed by atoms with van der Waals surface area (Å²) < 4.78 is 34.1. The minimum atomic E-state index is -5.17. The third-order valence-electron chi connectivity index (χ3n) is 2.02. The van der Waals surface area contributed by atoms with Crippen molar-refractivity contribution < 1.29 is 18.9 Å². The van der Waals surface area contributed by atoms with Crippen LogP contribution in [0.1, 0.15) is 53.4 Å². The molecule has 112 valence electrons. The van der Waals surface area contributed by atoms with Gasteiger partial charge in [0.05, 0.1) is 5.38 Å². The Hall–Kier alpha value is -0.0800. The molecule has 0 fully saturated rings. The average molecular weight is 327 g/mol. The zero-order chi connectivity index (χ0) is 15.5. The van der Waals surface area contributed by atoms with Gasteiger partial charge in [0.2, 0.25) is 4.88 Å². The van der Waals surface area contributed by atoms with E-state index in [9.17, 15) is 0 Å². The van der Waals surface area contributed by atoms with E-state index in [1.165, 1.54) is 6.42 Å². The molecule has 0 bridgehead atoms. The van der Waals surface area contributed by atoms with Crippen LogP contribution in [0.15, 0.2) is 5.38 Å². The molecule has 19 heavy (non-hydrogen) atoms. The Morgan fingerprint density at radius 3 is 1.95 bits per heavy atom. The Kier molecular flexibility index (Phi) is 6.55. The van der Waals surface area contributed by atoms with Gasteiger partial charge in [-0.1, -0.05) is 41.5 Å². The second-order valence-corrected chi connectivity index (χ2v) is 9.44. The van der Waals surface area contributed by atoms with Gasteiger partial charge in [0, 0.05) is 21.4 Å². The van der Waals surface area contributed by atoms with Crippen LogP contribution < -0.4 is 0 Å². The Bertz CT molecular complexity index is 488. The second kappa shape index (κ2) is 6.58. The van der Waals surface area contributed by atoms with Crippen LogP contribution in [0.2, 0.25) is 0 Å². The molecule has 1 aromatic rings. The lowest BCUT2D eigenvalue weighted by Crippen LogP contribution is -2.15. The summed E-state index contributed by atoms with van der Waals surface area (Å²) in [6.45, 7) is 13.8. The van der Waals surface area contributed by atoms with Crippen LogP contribution in [0, 0.1) is 5.41 Å². The molecule has 0 amide bonds. The molecule has 0 aliphatic rings. The van der Waals surface area contributed by atoms with Crippen molar-refractivity contribution >= 4 is 31.1 Å². The van der Waals surface area contributed by atoms with Crippen molar-refractivity contribution in [3.8, 4) is 0 Å². The van der Waals surface area contributed by atoms with Crippen LogP contribution in [0.4, 0.5) is 0 Å². The summed E-state index contributed by atoms with van der Waals surface area (Å²) in [5.74, 6) is 0. The molecule has 0 atom stereocenters. The summed E-state index contributed by atoms with van der Waals surface area (Å²) in [5.41, 5.74) is 2.26. The largest absolute Gasteiger partial charge is 1.00 e. The van der Waals surface area contributed by atoms with Crippen LogP contribution in [0.25, 0.3) is 0 Å². The van der Waals surface area contributed by atoms with E-state index in [0.717, 1.165) is 0 Å². The van der Waals surface area contributed by atoms with E-state index in [2.05, 4.69) is 46.9 Å². The predicted molar refractivity (Wildman–Crippen MR) is 80.0 cm³/mol. The fourth-order valence-electron chi connectivity index (χ4n) is 1.54. The van der Waals surface area contributed by atoms with E-state index in [0.29, 0.717) is 10.8 Å². The van der Waals surface area contributed by atoms with Gasteiger partial charge < -0.3 is 9.11 Å². The van der Waals surface area contributed by atoms with Crippen molar-refractivity contribution in [2.24, 2.45) is 5.41 Å². The molecule has 0 aliphatic heterocycles. The molecule has 0 aromatic carbocycles. The molecule has 0 saturated carbocycles. The molecule has 4 nitrogen and oxygen atoms in total. The fourth-order valence-corrected chi connectivity index (χ4v) is 4.41. The smallest absolute Gasteiger partial charge is 0.759 e. The quantitative estimate of drug-likeness (QED) is 0.341. The third-order valence-corrected chi connectivity index (χ3v) is 4.61. The summed E-state index contributed by atoms with van der Waals surface area (Å²) in [6.07, 6.45) is 1.19. The van der Waals surface area contributed by atoms with Crippen LogP contribution in [0.5, 0.6) is 0 Å². The summed E-state index contributed by atoms with van der Waals surface area (Å²) in [4.78, 5) is 1.57. The highest BCUT2D eigenvalue weighted by Gasteiger charge is 2.31. The van der Waals surface area contributed by atoms with Gasteiger partial charge in [0.15, 0.2) is 10.3 Å². The first kappa shape index (κ1) is 18.9. The highest BCUT2D eigenvalue weighted by Crippen LogP contribution is 2.36. The first-order valence-electron chi connectivity index (χ1n) is 5.77. The first-order chi connectivity index (χ1) is 8.20. The van der Waals surface area contributed by atoms with Gasteiger partial charge in [-0.05, 0) is 11.8 Å². The van der Waals surface area contributed by atoms with Crippen molar-refractivity contribution in [2.45, 2.75) is 53.4 Å². The SMILES string of the molecule is CC(C)(C)Cc1cs[s+]c1C(C)(C)C.O=S(=O)([O-])[O-].[H+]. The van der Waals surface area contributed by atoms with E-state index in [-0.39, 0.29) is 1.43 Å². The maximum atomic E-state index is 8.52. The molecule has 7 heteroatoms. The Balaban J connectivity index is 0. The van der Waals surface area contributed by atoms with Crippen molar-refractivity contribution in [2.75, 3.05) is 0 Å². The molecule has 0 aliphatic carbocycles. The third kappa shape index (κ3) is 10.4. The molecule has 1 rings (SSSR count). The summed E-state index contributed by atoms with van der Waals surface area (Å²) >= 11 is 0. The molecule has 0 unspecified atom stereocenters. The Morgan fingerprint density at radius 1 is 1.21 bits per heavy atom. The van der Waals surface area contributed by atoms with Gasteiger partial charge in [-0.2, -0.15) is 0 Å². The van der Waals surface area contributed by atoms with Crippen molar-refractivity contribution in [3.63, 3.8) is 0 Å². The zero-order valence-electron chi connectivity index (χ0n) is 13.1. The molecule has 0 radical (unpaired) electrons. The fraction of sp³-hybridized carbons (Fsp3) is 0.750. The van der Waals surface area contributed by atoms with Gasteiger partial charge in [-0.3, -0.25) is 8.42 Å². The molecule has 0 saturated heterocycles. The zero-order valence-corrected chi connectivity index (χ0v) is 14.6. The van der Waals surface area contributed by atoms with Crippen LogP contribution in [-0.2, 0) is 22.2 Å². The van der Waals surface area contributed by atoms with Crippen molar-refractivity contribution in [3.05, 3.63) is 15.8 Å². The molecule has 0 spiro atoms. The first-order valence-corrected chi connectivity index (χ1v) is 9.32. The normalized spacial score (nSPS) is 12.8. The lowest BCUT2D eigenvalue weighted by molar-refractivity contribution is 0.352. The lowest BCUT2D eigenvalue weighted by atomic mass is 9.84. The van der Waals surface area contributed by atoms with Crippen LogP contribution in [-0.4, -0.2) is 17.5 Å². The summed E-state index contributed by atoms with van der Waals surface area (Å²) in [7, 11) is -1.35. The van der Waals surface area contributed by atoms with Gasteiger partial charge in [-0.25, -0.2) is 0 Å². The second-order valence-electron chi connectivity index (χ2n) is 6.55. The molecule has 1 aromatic heterocycles. The Morgan fingerprint density at radius 2 is 1.63 bits per heavy atom. The lowest BCUT2D eigenvalue weighted by Gasteiger charge is -2.19. The standard InChI is InChI=1S/C12H21S2.H2O4S/c1-11(2,3)7-9-8-13-14-10(9)12(4,5)6;1-5(2,3)4/h8H,7H2,1-6H3;(H2,1,2,3,4)/q+1;/p-1. The maximum Gasteiger partial charge on any atom is 1.00 e. The average Bonchev–Trinajstić information content (AvgIpc) is 2.43. The topological polar surface area (TPSA) is 80.3 Å². The van der Waals surface area contributed by atoms with Gasteiger partial charge >= 0.3 is 1.43 Å². The highest BCUT2D eigenvalue weighted by molar-refractivity contribution is 7.79. The van der Waals surface area contributed by atoms with E-state index in [4.69, 9.17) is 17.5 Å². The molecule has 1 heterocycles. The molecular weight excluding hydrogens is 304 g/mol. The maximum absolute atomic E-state index is 8.52. The van der Waals surface area contributed by atoms with E-state index >= 15 is 0 Å². The van der Waals surface area contributed by atoms with Gasteiger partial charge in [0.25, 0.3) is 10.3 Å². The summed E-state index contributed by atoms with van der Waals surface area (Å²) in [5, 5.41) is 2.33. The van der Waals surface area contributed by atoms with Crippen LogP contribution in [0.3, 0.4) is 0 Å². The number of rotatable bonds is 1. The van der Waals surface area contributed by atoms with Crippen LogP contribution >= 0.6 is 20.7 Å².